The third-order valence-electron chi connectivity index (χ3n) is 2.64. The standard InChI is InChI=1S/C12H20O2/c1-4-5-6-9(2)12(13)11-8-7-10(3)14-11/h4-6,10-13H,7-8H2,1-3H3/b5-4-,9-6+. The lowest BCUT2D eigenvalue weighted by Gasteiger charge is -2.18. The van der Waals surface area contributed by atoms with Gasteiger partial charge in [0.05, 0.1) is 12.2 Å². The molecule has 0 radical (unpaired) electrons. The molecule has 1 heterocycles. The van der Waals surface area contributed by atoms with Gasteiger partial charge < -0.3 is 9.84 Å². The topological polar surface area (TPSA) is 29.5 Å². The predicted molar refractivity (Wildman–Crippen MR) is 58.1 cm³/mol. The fourth-order valence-electron chi connectivity index (χ4n) is 1.71. The number of aliphatic hydroxyl groups excluding tert-OH is 1. The molecular formula is C12H20O2. The summed E-state index contributed by atoms with van der Waals surface area (Å²) in [6.45, 7) is 5.96. The molecule has 0 aromatic carbocycles. The third-order valence-corrected chi connectivity index (χ3v) is 2.64. The van der Waals surface area contributed by atoms with Gasteiger partial charge in [-0.25, -0.2) is 0 Å². The van der Waals surface area contributed by atoms with E-state index in [1.54, 1.807) is 0 Å². The van der Waals surface area contributed by atoms with Crippen LogP contribution in [0.5, 0.6) is 0 Å². The molecular weight excluding hydrogens is 176 g/mol. The average molecular weight is 196 g/mol. The number of rotatable bonds is 3. The average Bonchev–Trinajstić information content (AvgIpc) is 2.60. The van der Waals surface area contributed by atoms with Crippen LogP contribution >= 0.6 is 0 Å². The number of allylic oxidation sites excluding steroid dienone is 3. The fraction of sp³-hybridized carbons (Fsp3) is 0.667. The van der Waals surface area contributed by atoms with Crippen LogP contribution in [0.3, 0.4) is 0 Å². The first-order chi connectivity index (χ1) is 6.65. The highest BCUT2D eigenvalue weighted by atomic mass is 16.5. The van der Waals surface area contributed by atoms with Crippen molar-refractivity contribution in [2.45, 2.75) is 51.9 Å². The SMILES string of the molecule is C/C=C\C=C(/C)C(O)C1CCC(C)O1. The van der Waals surface area contributed by atoms with Gasteiger partial charge >= 0.3 is 0 Å². The molecule has 0 aromatic heterocycles. The summed E-state index contributed by atoms with van der Waals surface area (Å²) in [6.07, 6.45) is 7.69. The van der Waals surface area contributed by atoms with E-state index in [2.05, 4.69) is 6.92 Å². The van der Waals surface area contributed by atoms with Crippen LogP contribution in [0.4, 0.5) is 0 Å². The Morgan fingerprint density at radius 1 is 1.50 bits per heavy atom. The molecule has 3 atom stereocenters. The van der Waals surface area contributed by atoms with Crippen LogP contribution in [0.15, 0.2) is 23.8 Å². The van der Waals surface area contributed by atoms with Crippen molar-refractivity contribution in [3.63, 3.8) is 0 Å². The zero-order valence-corrected chi connectivity index (χ0v) is 9.23. The quantitative estimate of drug-likeness (QED) is 0.702. The van der Waals surface area contributed by atoms with Crippen molar-refractivity contribution in [3.05, 3.63) is 23.8 Å². The molecule has 1 aliphatic rings. The molecule has 1 aliphatic heterocycles. The molecule has 0 aromatic rings. The van der Waals surface area contributed by atoms with Crippen LogP contribution in [0.25, 0.3) is 0 Å². The van der Waals surface area contributed by atoms with Gasteiger partial charge in [0.25, 0.3) is 0 Å². The first-order valence-electron chi connectivity index (χ1n) is 5.28. The van der Waals surface area contributed by atoms with Crippen LogP contribution in [0.2, 0.25) is 0 Å². The predicted octanol–water partition coefficient (Wildman–Crippen LogP) is 2.44. The summed E-state index contributed by atoms with van der Waals surface area (Å²) >= 11 is 0. The minimum absolute atomic E-state index is 0.00786. The van der Waals surface area contributed by atoms with Crippen molar-refractivity contribution in [3.8, 4) is 0 Å². The maximum atomic E-state index is 9.93. The van der Waals surface area contributed by atoms with Gasteiger partial charge in [-0.2, -0.15) is 0 Å². The Morgan fingerprint density at radius 2 is 2.21 bits per heavy atom. The lowest BCUT2D eigenvalue weighted by atomic mass is 10.0. The van der Waals surface area contributed by atoms with E-state index >= 15 is 0 Å². The van der Waals surface area contributed by atoms with E-state index in [1.165, 1.54) is 0 Å². The normalized spacial score (nSPS) is 31.3. The van der Waals surface area contributed by atoms with E-state index in [9.17, 15) is 5.11 Å². The van der Waals surface area contributed by atoms with Crippen LogP contribution in [0.1, 0.15) is 33.6 Å². The Bertz CT molecular complexity index is 230. The van der Waals surface area contributed by atoms with E-state index in [-0.39, 0.29) is 6.10 Å². The second kappa shape index (κ2) is 5.32. The molecule has 14 heavy (non-hydrogen) atoms. The lowest BCUT2D eigenvalue weighted by Crippen LogP contribution is -2.26. The fourth-order valence-corrected chi connectivity index (χ4v) is 1.71. The number of hydrogen-bond acceptors (Lipinski definition) is 2. The maximum Gasteiger partial charge on any atom is 0.101 e. The van der Waals surface area contributed by atoms with Gasteiger partial charge in [-0.3, -0.25) is 0 Å². The number of hydrogen-bond donors (Lipinski definition) is 1. The first kappa shape index (κ1) is 11.5. The van der Waals surface area contributed by atoms with Crippen molar-refractivity contribution in [1.82, 2.24) is 0 Å². The molecule has 2 heteroatoms. The van der Waals surface area contributed by atoms with Gasteiger partial charge in [-0.15, -0.1) is 0 Å². The van der Waals surface area contributed by atoms with Gasteiger partial charge in [0.1, 0.15) is 6.10 Å². The smallest absolute Gasteiger partial charge is 0.101 e. The summed E-state index contributed by atoms with van der Waals surface area (Å²) < 4.78 is 5.61. The van der Waals surface area contributed by atoms with Gasteiger partial charge in [0, 0.05) is 0 Å². The van der Waals surface area contributed by atoms with E-state index in [0.717, 1.165) is 18.4 Å². The van der Waals surface area contributed by atoms with Crippen molar-refractivity contribution in [2.75, 3.05) is 0 Å². The highest BCUT2D eigenvalue weighted by Crippen LogP contribution is 2.24. The number of ether oxygens (including phenoxy) is 1. The first-order valence-corrected chi connectivity index (χ1v) is 5.28. The minimum Gasteiger partial charge on any atom is -0.386 e. The summed E-state index contributed by atoms with van der Waals surface area (Å²) in [5, 5.41) is 9.93. The second-order valence-electron chi connectivity index (χ2n) is 3.94. The van der Waals surface area contributed by atoms with Crippen molar-refractivity contribution in [1.29, 1.82) is 0 Å². The lowest BCUT2D eigenvalue weighted by molar-refractivity contribution is -0.0132. The van der Waals surface area contributed by atoms with E-state index in [0.29, 0.717) is 6.10 Å². The molecule has 0 aliphatic carbocycles. The molecule has 3 unspecified atom stereocenters. The third kappa shape index (κ3) is 2.96. The highest BCUT2D eigenvalue weighted by molar-refractivity contribution is 5.15. The molecule has 0 spiro atoms. The monoisotopic (exact) mass is 196 g/mol. The van der Waals surface area contributed by atoms with Crippen molar-refractivity contribution in [2.24, 2.45) is 0 Å². The summed E-state index contributed by atoms with van der Waals surface area (Å²) in [7, 11) is 0. The summed E-state index contributed by atoms with van der Waals surface area (Å²) in [6, 6.07) is 0. The largest absolute Gasteiger partial charge is 0.386 e. The molecule has 0 saturated carbocycles. The van der Waals surface area contributed by atoms with Gasteiger partial charge in [0.2, 0.25) is 0 Å². The summed E-state index contributed by atoms with van der Waals surface area (Å²) in [5.41, 5.74) is 0.974. The Hall–Kier alpha value is -0.600. The van der Waals surface area contributed by atoms with Crippen LogP contribution < -0.4 is 0 Å². The Labute approximate surface area is 86.3 Å². The molecule has 0 amide bonds. The molecule has 1 rings (SSSR count). The van der Waals surface area contributed by atoms with Crippen LogP contribution in [-0.4, -0.2) is 23.4 Å². The maximum absolute atomic E-state index is 9.93. The minimum atomic E-state index is -0.448. The van der Waals surface area contributed by atoms with Crippen molar-refractivity contribution >= 4 is 0 Å². The molecule has 0 bridgehead atoms. The molecule has 1 fully saturated rings. The zero-order chi connectivity index (χ0) is 10.6. The van der Waals surface area contributed by atoms with E-state index < -0.39 is 6.10 Å². The highest BCUT2D eigenvalue weighted by Gasteiger charge is 2.28. The number of aliphatic hydroxyl groups is 1. The Balaban J connectivity index is 2.52. The van der Waals surface area contributed by atoms with E-state index in [1.807, 2.05) is 32.1 Å². The van der Waals surface area contributed by atoms with Crippen molar-refractivity contribution < 1.29 is 9.84 Å². The van der Waals surface area contributed by atoms with Gasteiger partial charge in [-0.1, -0.05) is 18.2 Å². The molecule has 1 saturated heterocycles. The van der Waals surface area contributed by atoms with E-state index in [4.69, 9.17) is 4.74 Å². The summed E-state index contributed by atoms with van der Waals surface area (Å²) in [4.78, 5) is 0. The second-order valence-corrected chi connectivity index (χ2v) is 3.94. The summed E-state index contributed by atoms with van der Waals surface area (Å²) in [5.74, 6) is 0. The van der Waals surface area contributed by atoms with Gasteiger partial charge in [0.15, 0.2) is 0 Å². The zero-order valence-electron chi connectivity index (χ0n) is 9.23. The Morgan fingerprint density at radius 3 is 2.71 bits per heavy atom. The molecule has 1 N–H and O–H groups in total. The van der Waals surface area contributed by atoms with Gasteiger partial charge in [-0.05, 0) is 39.2 Å². The molecule has 2 nitrogen and oxygen atoms in total. The molecule has 80 valence electrons. The van der Waals surface area contributed by atoms with Crippen LogP contribution in [0, 0.1) is 0 Å². The van der Waals surface area contributed by atoms with Crippen LogP contribution in [-0.2, 0) is 4.74 Å². The Kier molecular flexibility index (Phi) is 4.36.